The van der Waals surface area contributed by atoms with Crippen LogP contribution in [-0.2, 0) is 18.4 Å². The van der Waals surface area contributed by atoms with Crippen LogP contribution in [0, 0.1) is 0 Å². The Hall–Kier alpha value is -1.12. The Morgan fingerprint density at radius 1 is 1.17 bits per heavy atom. The fourth-order valence-electron chi connectivity index (χ4n) is 1.89. The zero-order valence-corrected chi connectivity index (χ0v) is 15.7. The van der Waals surface area contributed by atoms with Crippen molar-refractivity contribution in [2.75, 3.05) is 26.7 Å². The summed E-state index contributed by atoms with van der Waals surface area (Å²) >= 11 is 0. The molecular weight excluding hydrogens is 312 g/mol. The number of Topliss-reactive ketones (excluding diaryl/α,β-unsaturated/α-hetero) is 2. The molecule has 132 valence electrons. The van der Waals surface area contributed by atoms with Gasteiger partial charge in [0.15, 0.2) is 17.7 Å². The van der Waals surface area contributed by atoms with E-state index >= 15 is 0 Å². The molecule has 0 fully saturated rings. The van der Waals surface area contributed by atoms with Gasteiger partial charge in [-0.15, -0.1) is 0 Å². The first kappa shape index (κ1) is 21.9. The molecule has 0 saturated heterocycles. The monoisotopic (exact) mass is 342 g/mol. The lowest BCUT2D eigenvalue weighted by Gasteiger charge is -2.29. The van der Waals surface area contributed by atoms with Crippen molar-refractivity contribution < 1.29 is 18.4 Å². The van der Waals surface area contributed by atoms with Gasteiger partial charge < -0.3 is 19.9 Å². The summed E-state index contributed by atoms with van der Waals surface area (Å²) in [5, 5.41) is 3.19. The molecule has 7 heteroatoms. The van der Waals surface area contributed by atoms with E-state index in [0.29, 0.717) is 12.6 Å². The second-order valence-corrected chi connectivity index (χ2v) is 9.18. The second-order valence-electron chi connectivity index (χ2n) is 5.77. The van der Waals surface area contributed by atoms with E-state index in [2.05, 4.69) is 18.5 Å². The van der Waals surface area contributed by atoms with Gasteiger partial charge in [-0.2, -0.15) is 0 Å². The van der Waals surface area contributed by atoms with E-state index in [9.17, 15) is 9.59 Å². The van der Waals surface area contributed by atoms with Crippen molar-refractivity contribution >= 4 is 20.1 Å². The highest BCUT2D eigenvalue weighted by molar-refractivity contribution is 6.66. The number of nitrogens with one attached hydrogen (secondary N) is 1. The van der Waals surface area contributed by atoms with Gasteiger partial charge >= 0.3 is 8.56 Å². The van der Waals surface area contributed by atoms with Crippen LogP contribution in [0.15, 0.2) is 24.3 Å². The fourth-order valence-corrected chi connectivity index (χ4v) is 3.84. The third-order valence-electron chi connectivity index (χ3n) is 3.42. The van der Waals surface area contributed by atoms with Crippen LogP contribution in [0.5, 0.6) is 0 Å². The maximum Gasteiger partial charge on any atom is 0.335 e. The van der Waals surface area contributed by atoms with Gasteiger partial charge in [-0.05, 0) is 50.6 Å². The van der Waals surface area contributed by atoms with E-state index < -0.39 is 26.2 Å². The van der Waals surface area contributed by atoms with Gasteiger partial charge in [-0.25, -0.2) is 0 Å². The summed E-state index contributed by atoms with van der Waals surface area (Å²) in [5.41, 5.74) is 5.98. The zero-order chi connectivity index (χ0) is 18.0. The Morgan fingerprint density at radius 2 is 1.70 bits per heavy atom. The van der Waals surface area contributed by atoms with E-state index in [0.717, 1.165) is 19.5 Å². The third-order valence-corrected chi connectivity index (χ3v) is 6.28. The smallest absolute Gasteiger partial charge is 0.335 e. The average Bonchev–Trinajstić information content (AvgIpc) is 2.51. The lowest BCUT2D eigenvalue weighted by Crippen LogP contribution is -2.47. The summed E-state index contributed by atoms with van der Waals surface area (Å²) < 4.78 is 11.4. The summed E-state index contributed by atoms with van der Waals surface area (Å²) in [6.07, 6.45) is -0.398. The average molecular weight is 343 g/mol. The van der Waals surface area contributed by atoms with Gasteiger partial charge in [0.25, 0.3) is 0 Å². The van der Waals surface area contributed by atoms with E-state index in [-0.39, 0.29) is 11.1 Å². The molecule has 0 spiro atoms. The lowest BCUT2D eigenvalue weighted by atomic mass is 10.0. The highest BCUT2D eigenvalue weighted by Gasteiger charge is 2.39. The minimum atomic E-state index is -2.66. The number of ketones is 2. The molecule has 0 amide bonds. The molecular formula is C16H30N2O4Si. The highest BCUT2D eigenvalue weighted by atomic mass is 28.4. The molecule has 0 heterocycles. The predicted molar refractivity (Wildman–Crippen MR) is 94.5 cm³/mol. The molecule has 0 aliphatic heterocycles. The van der Waals surface area contributed by atoms with Gasteiger partial charge in [-0.1, -0.05) is 13.2 Å². The van der Waals surface area contributed by atoms with E-state index in [4.69, 9.17) is 14.6 Å². The molecule has 0 aliphatic rings. The topological polar surface area (TPSA) is 90.7 Å². The SMILES string of the molecule is C=C(C)C(=O)C(O[Si](C)(CCCNCCN)OC)C(=O)C(=C)C. The van der Waals surface area contributed by atoms with E-state index in [1.165, 1.54) is 0 Å². The first-order chi connectivity index (χ1) is 10.7. The maximum atomic E-state index is 12.3. The second kappa shape index (κ2) is 10.6. The number of nitrogens with two attached hydrogens (primary N) is 1. The van der Waals surface area contributed by atoms with Gasteiger partial charge in [0.1, 0.15) is 0 Å². The van der Waals surface area contributed by atoms with Crippen molar-refractivity contribution in [3.8, 4) is 0 Å². The van der Waals surface area contributed by atoms with E-state index in [1.54, 1.807) is 21.0 Å². The molecule has 0 rings (SSSR count). The number of rotatable bonds is 13. The fraction of sp³-hybridized carbons (Fsp3) is 0.625. The zero-order valence-electron chi connectivity index (χ0n) is 14.7. The Kier molecular flexibility index (Phi) is 10.1. The molecule has 0 aliphatic carbocycles. The Morgan fingerprint density at radius 3 is 2.09 bits per heavy atom. The van der Waals surface area contributed by atoms with Crippen molar-refractivity contribution in [1.82, 2.24) is 5.32 Å². The van der Waals surface area contributed by atoms with E-state index in [1.807, 2.05) is 6.55 Å². The quantitative estimate of drug-likeness (QED) is 0.227. The Bertz CT molecular complexity index is 427. The summed E-state index contributed by atoms with van der Waals surface area (Å²) in [6.45, 7) is 14.3. The van der Waals surface area contributed by atoms with Gasteiger partial charge in [0, 0.05) is 20.2 Å². The van der Waals surface area contributed by atoms with Crippen molar-refractivity contribution in [1.29, 1.82) is 0 Å². The van der Waals surface area contributed by atoms with Crippen LogP contribution < -0.4 is 11.1 Å². The molecule has 0 radical (unpaired) electrons. The molecule has 0 bridgehead atoms. The minimum absolute atomic E-state index is 0.279. The standard InChI is InChI=1S/C16H30N2O4Si/c1-12(2)14(19)16(15(20)13(3)4)22-23(6,21-5)11-7-9-18-10-8-17/h16,18H,1,3,7-11,17H2,2,4-6H3. The third kappa shape index (κ3) is 7.80. The largest absolute Gasteiger partial charge is 0.398 e. The number of hydrogen-bond donors (Lipinski definition) is 2. The van der Waals surface area contributed by atoms with Crippen molar-refractivity contribution in [3.05, 3.63) is 24.3 Å². The van der Waals surface area contributed by atoms with Gasteiger partial charge in [-0.3, -0.25) is 9.59 Å². The predicted octanol–water partition coefficient (Wildman–Crippen LogP) is 1.32. The van der Waals surface area contributed by atoms with Gasteiger partial charge in [0.2, 0.25) is 0 Å². The normalized spacial score (nSPS) is 13.7. The van der Waals surface area contributed by atoms with Crippen LogP contribution in [0.3, 0.4) is 0 Å². The maximum absolute atomic E-state index is 12.3. The first-order valence-corrected chi connectivity index (χ1v) is 10.2. The van der Waals surface area contributed by atoms with Crippen LogP contribution in [0.1, 0.15) is 20.3 Å². The molecule has 3 N–H and O–H groups in total. The molecule has 6 nitrogen and oxygen atoms in total. The molecule has 1 atom stereocenters. The Labute approximate surface area is 140 Å². The van der Waals surface area contributed by atoms with Gasteiger partial charge in [0.05, 0.1) is 0 Å². The number of carbonyl (C=O) groups is 2. The molecule has 23 heavy (non-hydrogen) atoms. The summed E-state index contributed by atoms with van der Waals surface area (Å²) in [5.74, 6) is -0.843. The van der Waals surface area contributed by atoms with Crippen LogP contribution >= 0.6 is 0 Å². The Balaban J connectivity index is 4.95. The number of carbonyl (C=O) groups excluding carboxylic acids is 2. The summed E-state index contributed by atoms with van der Waals surface area (Å²) in [4.78, 5) is 24.5. The molecule has 0 aromatic carbocycles. The minimum Gasteiger partial charge on any atom is -0.398 e. The molecule has 0 aromatic rings. The summed E-state index contributed by atoms with van der Waals surface area (Å²) in [6, 6.07) is 0.657. The molecule has 1 unspecified atom stereocenters. The van der Waals surface area contributed by atoms with Crippen LogP contribution in [0.25, 0.3) is 0 Å². The molecule has 0 aromatic heterocycles. The van der Waals surface area contributed by atoms with Crippen LogP contribution in [0.4, 0.5) is 0 Å². The van der Waals surface area contributed by atoms with Crippen molar-refractivity contribution in [2.45, 2.75) is 39.0 Å². The summed E-state index contributed by atoms with van der Waals surface area (Å²) in [7, 11) is -1.11. The van der Waals surface area contributed by atoms with Crippen molar-refractivity contribution in [2.24, 2.45) is 5.73 Å². The van der Waals surface area contributed by atoms with Crippen molar-refractivity contribution in [3.63, 3.8) is 0 Å². The lowest BCUT2D eigenvalue weighted by molar-refractivity contribution is -0.133. The number of hydrogen-bond acceptors (Lipinski definition) is 6. The van der Waals surface area contributed by atoms with Crippen LogP contribution in [0.2, 0.25) is 12.6 Å². The molecule has 0 saturated carbocycles. The highest BCUT2D eigenvalue weighted by Crippen LogP contribution is 2.20. The van der Waals surface area contributed by atoms with Crippen LogP contribution in [-0.4, -0.2) is 53.0 Å². The first-order valence-electron chi connectivity index (χ1n) is 7.71.